The lowest BCUT2D eigenvalue weighted by Crippen LogP contribution is -2.19. The molecule has 4 nitrogen and oxygen atoms in total. The second kappa shape index (κ2) is 8.28. The highest BCUT2D eigenvalue weighted by Gasteiger charge is 2.24. The van der Waals surface area contributed by atoms with Gasteiger partial charge in [-0.2, -0.15) is 0 Å². The monoisotopic (exact) mass is 479 g/mol. The lowest BCUT2D eigenvalue weighted by atomic mass is 10.2. The lowest BCUT2D eigenvalue weighted by molar-refractivity contribution is -0.115. The van der Waals surface area contributed by atoms with Gasteiger partial charge in [0.1, 0.15) is 0 Å². The maximum absolute atomic E-state index is 12.5. The predicted octanol–water partition coefficient (Wildman–Crippen LogP) is 6.37. The number of carbonyl (C=O) groups is 1. The molecule has 0 atom stereocenters. The van der Waals surface area contributed by atoms with Crippen LogP contribution < -0.4 is 5.32 Å². The van der Waals surface area contributed by atoms with Crippen LogP contribution in [0.15, 0.2) is 62.9 Å². The molecule has 2 heterocycles. The van der Waals surface area contributed by atoms with Gasteiger partial charge in [0.05, 0.1) is 10.6 Å². The number of hydrogen-bond donors (Lipinski definition) is 1. The van der Waals surface area contributed by atoms with Crippen LogP contribution in [0.2, 0.25) is 0 Å². The zero-order valence-electron chi connectivity index (χ0n) is 17.3. The Morgan fingerprint density at radius 2 is 1.77 bits per heavy atom. The number of amides is 1. The highest BCUT2D eigenvalue weighted by atomic mass is 79.9. The van der Waals surface area contributed by atoms with Crippen LogP contribution in [-0.2, 0) is 4.79 Å². The second-order valence-electron chi connectivity index (χ2n) is 7.41. The molecule has 1 amide bonds. The third-order valence-corrected chi connectivity index (χ3v) is 6.87. The smallest absolute Gasteiger partial charge is 0.264 e. The summed E-state index contributed by atoms with van der Waals surface area (Å²) in [6.45, 7) is 8.28. The Bertz CT molecular complexity index is 1210. The summed E-state index contributed by atoms with van der Waals surface area (Å²) < 4.78 is 3.31. The van der Waals surface area contributed by atoms with Gasteiger partial charge < -0.3 is 9.88 Å². The Kier molecular flexibility index (Phi) is 5.71. The van der Waals surface area contributed by atoms with Gasteiger partial charge in [-0.3, -0.25) is 4.79 Å². The van der Waals surface area contributed by atoms with Crippen molar-refractivity contribution in [3.05, 3.63) is 86.0 Å². The van der Waals surface area contributed by atoms with Crippen LogP contribution in [0.25, 0.3) is 11.8 Å². The van der Waals surface area contributed by atoms with E-state index >= 15 is 0 Å². The Morgan fingerprint density at radius 1 is 1.03 bits per heavy atom. The van der Waals surface area contributed by atoms with E-state index in [9.17, 15) is 4.79 Å². The van der Waals surface area contributed by atoms with E-state index in [1.54, 1.807) is 0 Å². The molecule has 1 aliphatic rings. The zero-order chi connectivity index (χ0) is 21.4. The summed E-state index contributed by atoms with van der Waals surface area (Å²) in [6, 6.07) is 16.3. The fraction of sp³-hybridized carbons (Fsp3) is 0.167. The minimum atomic E-state index is -0.116. The van der Waals surface area contributed by atoms with Gasteiger partial charge in [0, 0.05) is 21.5 Å². The van der Waals surface area contributed by atoms with E-state index in [1.165, 1.54) is 22.9 Å². The van der Waals surface area contributed by atoms with E-state index in [2.05, 4.69) is 75.8 Å². The minimum absolute atomic E-state index is 0.116. The average molecular weight is 480 g/mol. The molecule has 4 rings (SSSR count). The van der Waals surface area contributed by atoms with Gasteiger partial charge in [-0.25, -0.2) is 4.99 Å². The number of benzene rings is 2. The summed E-state index contributed by atoms with van der Waals surface area (Å²) in [7, 11) is 0. The molecule has 30 heavy (non-hydrogen) atoms. The van der Waals surface area contributed by atoms with E-state index in [4.69, 9.17) is 0 Å². The first-order valence-corrected chi connectivity index (χ1v) is 11.2. The highest BCUT2D eigenvalue weighted by molar-refractivity contribution is 9.10. The average Bonchev–Trinajstić information content (AvgIpc) is 3.18. The van der Waals surface area contributed by atoms with Crippen molar-refractivity contribution in [2.45, 2.75) is 27.7 Å². The van der Waals surface area contributed by atoms with E-state index < -0.39 is 0 Å². The predicted molar refractivity (Wildman–Crippen MR) is 130 cm³/mol. The number of hydrogen-bond acceptors (Lipinski definition) is 3. The SMILES string of the molecule is Cc1ccc(N=C2NC(=O)/C(=C\c3cc(C)n(-c4ccc(Br)c(C)c4)c3C)S2)cc1. The molecule has 0 aliphatic carbocycles. The summed E-state index contributed by atoms with van der Waals surface area (Å²) in [6.07, 6.45) is 1.95. The van der Waals surface area contributed by atoms with Gasteiger partial charge >= 0.3 is 0 Å². The molecular formula is C24H22BrN3OS. The van der Waals surface area contributed by atoms with Crippen LogP contribution >= 0.6 is 27.7 Å². The van der Waals surface area contributed by atoms with Crippen molar-refractivity contribution in [3.63, 3.8) is 0 Å². The first-order valence-electron chi connectivity index (χ1n) is 9.63. The van der Waals surface area contributed by atoms with Gasteiger partial charge in [-0.05, 0) is 93.1 Å². The molecule has 0 unspecified atom stereocenters. The minimum Gasteiger partial charge on any atom is -0.318 e. The number of nitrogens with zero attached hydrogens (tertiary/aromatic N) is 2. The maximum atomic E-state index is 12.5. The summed E-state index contributed by atoms with van der Waals surface area (Å²) >= 11 is 4.94. The summed E-state index contributed by atoms with van der Waals surface area (Å²) in [5.41, 5.74) is 7.55. The molecule has 0 radical (unpaired) electrons. The Labute approximate surface area is 189 Å². The number of carbonyl (C=O) groups excluding carboxylic acids is 1. The third kappa shape index (κ3) is 4.16. The van der Waals surface area contributed by atoms with Crippen LogP contribution in [0.5, 0.6) is 0 Å². The molecule has 1 N–H and O–H groups in total. The van der Waals surface area contributed by atoms with Crippen molar-refractivity contribution in [2.75, 3.05) is 0 Å². The first-order chi connectivity index (χ1) is 14.3. The Balaban J connectivity index is 1.64. The van der Waals surface area contributed by atoms with E-state index in [0.29, 0.717) is 10.1 Å². The lowest BCUT2D eigenvalue weighted by Gasteiger charge is -2.11. The number of rotatable bonds is 3. The quantitative estimate of drug-likeness (QED) is 0.443. The highest BCUT2D eigenvalue weighted by Crippen LogP contribution is 2.31. The molecular weight excluding hydrogens is 458 g/mol. The fourth-order valence-corrected chi connectivity index (χ4v) is 4.54. The third-order valence-electron chi connectivity index (χ3n) is 5.07. The molecule has 2 aromatic carbocycles. The van der Waals surface area contributed by atoms with Crippen molar-refractivity contribution < 1.29 is 4.79 Å². The molecule has 152 valence electrons. The molecule has 0 bridgehead atoms. The molecule has 6 heteroatoms. The van der Waals surface area contributed by atoms with Gasteiger partial charge in [0.25, 0.3) is 5.91 Å². The molecule has 1 fully saturated rings. The van der Waals surface area contributed by atoms with Crippen LogP contribution in [0.4, 0.5) is 5.69 Å². The van der Waals surface area contributed by atoms with Gasteiger partial charge in [-0.1, -0.05) is 33.6 Å². The van der Waals surface area contributed by atoms with Crippen molar-refractivity contribution in [3.8, 4) is 5.69 Å². The van der Waals surface area contributed by atoms with E-state index in [-0.39, 0.29) is 5.91 Å². The standard InChI is InChI=1S/C24H22BrN3OS/c1-14-5-7-19(8-6-14)26-24-27-23(29)22(30-24)13-18-12-16(3)28(17(18)4)20-9-10-21(25)15(2)11-20/h5-13H,1-4H3,(H,26,27,29)/b22-13+. The van der Waals surface area contributed by atoms with Crippen molar-refractivity contribution >= 4 is 50.5 Å². The van der Waals surface area contributed by atoms with E-state index in [0.717, 1.165) is 32.8 Å². The number of thioether (sulfide) groups is 1. The molecule has 0 spiro atoms. The summed E-state index contributed by atoms with van der Waals surface area (Å²) in [5.74, 6) is -0.116. The number of amidine groups is 1. The number of aliphatic imine (C=N–C) groups is 1. The van der Waals surface area contributed by atoms with Gasteiger partial charge in [0.2, 0.25) is 0 Å². The number of aryl methyl sites for hydroxylation is 3. The van der Waals surface area contributed by atoms with Gasteiger partial charge in [-0.15, -0.1) is 0 Å². The molecule has 1 aliphatic heterocycles. The first kappa shape index (κ1) is 20.7. The molecule has 1 saturated heterocycles. The fourth-order valence-electron chi connectivity index (χ4n) is 3.46. The second-order valence-corrected chi connectivity index (χ2v) is 9.30. The number of halogens is 1. The zero-order valence-corrected chi connectivity index (χ0v) is 19.7. The van der Waals surface area contributed by atoms with Crippen LogP contribution in [0.3, 0.4) is 0 Å². The Hall–Kier alpha value is -2.57. The van der Waals surface area contributed by atoms with E-state index in [1.807, 2.05) is 37.3 Å². The summed E-state index contributed by atoms with van der Waals surface area (Å²) in [5, 5.41) is 3.47. The Morgan fingerprint density at radius 3 is 2.47 bits per heavy atom. The van der Waals surface area contributed by atoms with Crippen molar-refractivity contribution in [1.82, 2.24) is 9.88 Å². The largest absolute Gasteiger partial charge is 0.318 e. The van der Waals surface area contributed by atoms with Crippen LogP contribution in [0.1, 0.15) is 28.1 Å². The number of nitrogens with one attached hydrogen (secondary N) is 1. The summed E-state index contributed by atoms with van der Waals surface area (Å²) in [4.78, 5) is 17.7. The molecule has 0 saturated carbocycles. The van der Waals surface area contributed by atoms with Crippen LogP contribution in [0, 0.1) is 27.7 Å². The number of aromatic nitrogens is 1. The van der Waals surface area contributed by atoms with Crippen molar-refractivity contribution in [1.29, 1.82) is 0 Å². The van der Waals surface area contributed by atoms with Gasteiger partial charge in [0.15, 0.2) is 5.17 Å². The maximum Gasteiger partial charge on any atom is 0.264 e. The van der Waals surface area contributed by atoms with Crippen molar-refractivity contribution in [2.24, 2.45) is 4.99 Å². The molecule has 3 aromatic rings. The topological polar surface area (TPSA) is 46.4 Å². The van der Waals surface area contributed by atoms with Crippen LogP contribution in [-0.4, -0.2) is 15.6 Å². The normalized spacial score (nSPS) is 16.5. The molecule has 1 aromatic heterocycles.